The summed E-state index contributed by atoms with van der Waals surface area (Å²) in [5.41, 5.74) is 0.220. The minimum atomic E-state index is -1.04. The van der Waals surface area contributed by atoms with Crippen LogP contribution in [0.5, 0.6) is 0 Å². The van der Waals surface area contributed by atoms with E-state index in [1.54, 1.807) is 0 Å². The molecule has 1 fully saturated rings. The Bertz CT molecular complexity index is 572. The average molecular weight is 324 g/mol. The van der Waals surface area contributed by atoms with Gasteiger partial charge in [0.15, 0.2) is 11.6 Å². The zero-order valence-electron chi connectivity index (χ0n) is 13.2. The molecule has 4 nitrogen and oxygen atoms in total. The number of nitrogens with one attached hydrogen (secondary N) is 2. The summed E-state index contributed by atoms with van der Waals surface area (Å²) in [6.07, 6.45) is 5.85. The molecule has 0 aromatic heterocycles. The van der Waals surface area contributed by atoms with Crippen LogP contribution in [0, 0.1) is 17.6 Å². The lowest BCUT2D eigenvalue weighted by Gasteiger charge is -2.18. The second-order valence-corrected chi connectivity index (χ2v) is 5.98. The molecule has 0 saturated heterocycles. The van der Waals surface area contributed by atoms with E-state index in [0.717, 1.165) is 31.4 Å². The van der Waals surface area contributed by atoms with Gasteiger partial charge in [-0.2, -0.15) is 0 Å². The van der Waals surface area contributed by atoms with Gasteiger partial charge in [-0.05, 0) is 30.0 Å². The fourth-order valence-corrected chi connectivity index (χ4v) is 3.00. The standard InChI is InChI=1S/C17H22F2N2O2/c1-20-17(23)16(12-7-8-13(18)14(19)10-12)21-15(22)9-6-11-4-2-3-5-11/h7-8,10-11,16H,2-6,9H2,1H3,(H,20,23)(H,21,22). The molecular formula is C17H22F2N2O2. The smallest absolute Gasteiger partial charge is 0.246 e. The summed E-state index contributed by atoms with van der Waals surface area (Å²) in [6, 6.07) is 2.17. The SMILES string of the molecule is CNC(=O)C(NC(=O)CCC1CCCC1)c1ccc(F)c(F)c1. The van der Waals surface area contributed by atoms with Crippen LogP contribution >= 0.6 is 0 Å². The summed E-state index contributed by atoms with van der Waals surface area (Å²) in [4.78, 5) is 24.1. The number of hydrogen-bond donors (Lipinski definition) is 2. The highest BCUT2D eigenvalue weighted by Gasteiger charge is 2.24. The highest BCUT2D eigenvalue weighted by atomic mass is 19.2. The molecule has 2 amide bonds. The first kappa shape index (κ1) is 17.4. The van der Waals surface area contributed by atoms with Gasteiger partial charge in [0.25, 0.3) is 0 Å². The zero-order chi connectivity index (χ0) is 16.8. The van der Waals surface area contributed by atoms with Gasteiger partial charge in [-0.3, -0.25) is 9.59 Å². The van der Waals surface area contributed by atoms with Crippen molar-refractivity contribution in [2.75, 3.05) is 7.05 Å². The molecule has 1 saturated carbocycles. The first-order valence-corrected chi connectivity index (χ1v) is 7.97. The lowest BCUT2D eigenvalue weighted by Crippen LogP contribution is -2.39. The third-order valence-corrected chi connectivity index (χ3v) is 4.35. The normalized spacial score (nSPS) is 16.1. The maximum atomic E-state index is 13.4. The minimum Gasteiger partial charge on any atom is -0.357 e. The van der Waals surface area contributed by atoms with Crippen LogP contribution in [0.2, 0.25) is 0 Å². The highest BCUT2D eigenvalue weighted by molar-refractivity contribution is 5.88. The molecule has 0 spiro atoms. The molecule has 1 aromatic carbocycles. The second-order valence-electron chi connectivity index (χ2n) is 5.98. The quantitative estimate of drug-likeness (QED) is 0.845. The van der Waals surface area contributed by atoms with E-state index in [0.29, 0.717) is 12.3 Å². The van der Waals surface area contributed by atoms with Crippen LogP contribution in [0.1, 0.15) is 50.1 Å². The van der Waals surface area contributed by atoms with Gasteiger partial charge in [0.2, 0.25) is 11.8 Å². The number of halogens is 2. The number of likely N-dealkylation sites (N-methyl/N-ethyl adjacent to an activating group) is 1. The van der Waals surface area contributed by atoms with E-state index in [1.807, 2.05) is 0 Å². The predicted molar refractivity (Wildman–Crippen MR) is 82.5 cm³/mol. The van der Waals surface area contributed by atoms with Gasteiger partial charge < -0.3 is 10.6 Å². The Labute approximate surface area is 134 Å². The van der Waals surface area contributed by atoms with Crippen molar-refractivity contribution >= 4 is 11.8 Å². The van der Waals surface area contributed by atoms with Crippen LogP contribution in [-0.4, -0.2) is 18.9 Å². The first-order valence-electron chi connectivity index (χ1n) is 7.97. The van der Waals surface area contributed by atoms with Gasteiger partial charge in [0.05, 0.1) is 0 Å². The fourth-order valence-electron chi connectivity index (χ4n) is 3.00. The monoisotopic (exact) mass is 324 g/mol. The predicted octanol–water partition coefficient (Wildman–Crippen LogP) is 2.84. The third kappa shape index (κ3) is 4.74. The lowest BCUT2D eigenvalue weighted by molar-refractivity contribution is -0.129. The van der Waals surface area contributed by atoms with Crippen LogP contribution in [0.3, 0.4) is 0 Å². The highest BCUT2D eigenvalue weighted by Crippen LogP contribution is 2.28. The van der Waals surface area contributed by atoms with Crippen molar-refractivity contribution in [3.63, 3.8) is 0 Å². The molecule has 1 atom stereocenters. The number of amides is 2. The fraction of sp³-hybridized carbons (Fsp3) is 0.529. The van der Waals surface area contributed by atoms with Crippen LogP contribution in [0.4, 0.5) is 8.78 Å². The molecule has 2 N–H and O–H groups in total. The molecule has 1 aliphatic carbocycles. The summed E-state index contributed by atoms with van der Waals surface area (Å²) < 4.78 is 26.4. The van der Waals surface area contributed by atoms with E-state index in [2.05, 4.69) is 10.6 Å². The lowest BCUT2D eigenvalue weighted by atomic mass is 10.0. The zero-order valence-corrected chi connectivity index (χ0v) is 13.2. The van der Waals surface area contributed by atoms with Gasteiger partial charge in [0.1, 0.15) is 6.04 Å². The van der Waals surface area contributed by atoms with E-state index in [-0.39, 0.29) is 11.5 Å². The molecule has 126 valence electrons. The average Bonchev–Trinajstić information content (AvgIpc) is 3.06. The summed E-state index contributed by atoms with van der Waals surface area (Å²) in [5.74, 6) is -2.18. The Morgan fingerprint density at radius 2 is 1.91 bits per heavy atom. The van der Waals surface area contributed by atoms with Gasteiger partial charge in [-0.1, -0.05) is 31.7 Å². The number of carbonyl (C=O) groups excluding carboxylic acids is 2. The topological polar surface area (TPSA) is 58.2 Å². The summed E-state index contributed by atoms with van der Waals surface area (Å²) in [5, 5.41) is 5.04. The molecule has 0 heterocycles. The molecule has 0 aliphatic heterocycles. The number of hydrogen-bond acceptors (Lipinski definition) is 2. The van der Waals surface area contributed by atoms with Crippen molar-refractivity contribution in [3.8, 4) is 0 Å². The summed E-state index contributed by atoms with van der Waals surface area (Å²) in [7, 11) is 1.43. The van der Waals surface area contributed by atoms with Gasteiger partial charge >= 0.3 is 0 Å². The van der Waals surface area contributed by atoms with E-state index >= 15 is 0 Å². The Kier molecular flexibility index (Phi) is 6.07. The maximum absolute atomic E-state index is 13.4. The number of carbonyl (C=O) groups is 2. The van der Waals surface area contributed by atoms with Crippen LogP contribution < -0.4 is 10.6 Å². The van der Waals surface area contributed by atoms with Crippen molar-refractivity contribution in [1.82, 2.24) is 10.6 Å². The summed E-state index contributed by atoms with van der Waals surface area (Å²) in [6.45, 7) is 0. The third-order valence-electron chi connectivity index (χ3n) is 4.35. The molecule has 2 rings (SSSR count). The Balaban J connectivity index is 2.01. The van der Waals surface area contributed by atoms with Gasteiger partial charge in [-0.15, -0.1) is 0 Å². The van der Waals surface area contributed by atoms with E-state index in [1.165, 1.54) is 26.0 Å². The number of rotatable bonds is 6. The van der Waals surface area contributed by atoms with Crippen molar-refractivity contribution in [2.45, 2.75) is 44.6 Å². The Morgan fingerprint density at radius 1 is 1.22 bits per heavy atom. The number of benzene rings is 1. The molecule has 6 heteroatoms. The van der Waals surface area contributed by atoms with Crippen LogP contribution in [0.15, 0.2) is 18.2 Å². The van der Waals surface area contributed by atoms with Crippen LogP contribution in [-0.2, 0) is 9.59 Å². The summed E-state index contributed by atoms with van der Waals surface area (Å²) >= 11 is 0. The van der Waals surface area contributed by atoms with Gasteiger partial charge in [-0.25, -0.2) is 8.78 Å². The molecule has 23 heavy (non-hydrogen) atoms. The minimum absolute atomic E-state index is 0.220. The molecule has 1 aromatic rings. The second kappa shape index (κ2) is 8.04. The van der Waals surface area contributed by atoms with E-state index in [9.17, 15) is 18.4 Å². The molecule has 0 radical (unpaired) electrons. The van der Waals surface area contributed by atoms with E-state index < -0.39 is 23.6 Å². The Hall–Kier alpha value is -1.98. The van der Waals surface area contributed by atoms with Crippen molar-refractivity contribution in [2.24, 2.45) is 5.92 Å². The molecule has 1 unspecified atom stereocenters. The van der Waals surface area contributed by atoms with Crippen molar-refractivity contribution in [3.05, 3.63) is 35.4 Å². The van der Waals surface area contributed by atoms with Crippen molar-refractivity contribution in [1.29, 1.82) is 0 Å². The van der Waals surface area contributed by atoms with E-state index in [4.69, 9.17) is 0 Å². The van der Waals surface area contributed by atoms with Gasteiger partial charge in [0, 0.05) is 13.5 Å². The molecular weight excluding hydrogens is 302 g/mol. The van der Waals surface area contributed by atoms with Crippen LogP contribution in [0.25, 0.3) is 0 Å². The maximum Gasteiger partial charge on any atom is 0.246 e. The molecule has 0 bridgehead atoms. The Morgan fingerprint density at radius 3 is 2.52 bits per heavy atom. The molecule has 1 aliphatic rings. The largest absolute Gasteiger partial charge is 0.357 e. The first-order chi connectivity index (χ1) is 11.0. The van der Waals surface area contributed by atoms with Crippen molar-refractivity contribution < 1.29 is 18.4 Å².